The molecule has 0 fully saturated rings. The summed E-state index contributed by atoms with van der Waals surface area (Å²) in [6, 6.07) is 14.4. The molecule has 3 aromatic rings. The van der Waals surface area contributed by atoms with Crippen LogP contribution in [0.5, 0.6) is 0 Å². The summed E-state index contributed by atoms with van der Waals surface area (Å²) in [4.78, 5) is 40.7. The van der Waals surface area contributed by atoms with E-state index in [-0.39, 0.29) is 29.9 Å². The van der Waals surface area contributed by atoms with Gasteiger partial charge in [0, 0.05) is 28.6 Å². The number of aryl methyl sites for hydroxylation is 1. The molecule has 1 N–H and O–H groups in total. The van der Waals surface area contributed by atoms with Crippen LogP contribution in [-0.2, 0) is 9.53 Å². The standard InChI is InChI=1S/C24H24N2O4S/c1-15(2)12-22(28)25-19-10-8-17(9-11-19)21(27)13-30-24(29)20-14-31-23(26-20)18-6-4-16(3)5-7-18/h4-11,14-15H,12-13H2,1-3H3,(H,25,28). The number of nitrogens with one attached hydrogen (secondary N) is 1. The van der Waals surface area contributed by atoms with Crippen molar-refractivity contribution in [2.75, 3.05) is 11.9 Å². The molecule has 1 aromatic heterocycles. The molecule has 2 aromatic carbocycles. The first-order chi connectivity index (χ1) is 14.8. The van der Waals surface area contributed by atoms with Crippen molar-refractivity contribution in [2.24, 2.45) is 5.92 Å². The molecule has 0 aliphatic rings. The molecule has 0 radical (unpaired) electrons. The van der Waals surface area contributed by atoms with E-state index in [9.17, 15) is 14.4 Å². The van der Waals surface area contributed by atoms with Gasteiger partial charge < -0.3 is 10.1 Å². The van der Waals surface area contributed by atoms with Crippen molar-refractivity contribution in [3.63, 3.8) is 0 Å². The van der Waals surface area contributed by atoms with Crippen molar-refractivity contribution in [3.8, 4) is 10.6 Å². The lowest BCUT2D eigenvalue weighted by Crippen LogP contribution is -2.15. The van der Waals surface area contributed by atoms with E-state index < -0.39 is 5.97 Å². The van der Waals surface area contributed by atoms with Gasteiger partial charge in [0.25, 0.3) is 0 Å². The molecule has 0 aliphatic carbocycles. The van der Waals surface area contributed by atoms with Crippen LogP contribution in [0.15, 0.2) is 53.9 Å². The van der Waals surface area contributed by atoms with Gasteiger partial charge in [-0.15, -0.1) is 11.3 Å². The van der Waals surface area contributed by atoms with Crippen molar-refractivity contribution in [1.82, 2.24) is 4.98 Å². The second-order valence-electron chi connectivity index (χ2n) is 7.63. The Balaban J connectivity index is 1.54. The van der Waals surface area contributed by atoms with Gasteiger partial charge >= 0.3 is 5.97 Å². The minimum atomic E-state index is -0.638. The Morgan fingerprint density at radius 1 is 1.03 bits per heavy atom. The molecule has 7 heteroatoms. The molecule has 6 nitrogen and oxygen atoms in total. The van der Waals surface area contributed by atoms with Crippen LogP contribution in [0.4, 0.5) is 5.69 Å². The van der Waals surface area contributed by atoms with Crippen LogP contribution in [0.25, 0.3) is 10.6 Å². The van der Waals surface area contributed by atoms with Crippen LogP contribution < -0.4 is 5.32 Å². The molecule has 0 unspecified atom stereocenters. The molecule has 31 heavy (non-hydrogen) atoms. The van der Waals surface area contributed by atoms with E-state index in [1.54, 1.807) is 29.6 Å². The van der Waals surface area contributed by atoms with Crippen LogP contribution in [-0.4, -0.2) is 29.3 Å². The second kappa shape index (κ2) is 10.1. The van der Waals surface area contributed by atoms with E-state index >= 15 is 0 Å². The average Bonchev–Trinajstić information content (AvgIpc) is 3.22. The van der Waals surface area contributed by atoms with Gasteiger partial charge in [-0.1, -0.05) is 43.7 Å². The molecule has 0 spiro atoms. The number of rotatable bonds is 8. The largest absolute Gasteiger partial charge is 0.453 e. The number of carbonyl (C=O) groups is 3. The number of benzene rings is 2. The Kier molecular flexibility index (Phi) is 7.31. The minimum Gasteiger partial charge on any atom is -0.453 e. The lowest BCUT2D eigenvalue weighted by Gasteiger charge is -2.08. The number of nitrogens with zero attached hydrogens (tertiary/aromatic N) is 1. The highest BCUT2D eigenvalue weighted by atomic mass is 32.1. The van der Waals surface area contributed by atoms with E-state index in [0.717, 1.165) is 11.1 Å². The Morgan fingerprint density at radius 3 is 2.35 bits per heavy atom. The van der Waals surface area contributed by atoms with Crippen molar-refractivity contribution >= 4 is 34.7 Å². The highest BCUT2D eigenvalue weighted by Crippen LogP contribution is 2.24. The smallest absolute Gasteiger partial charge is 0.358 e. The SMILES string of the molecule is Cc1ccc(-c2nc(C(=O)OCC(=O)c3ccc(NC(=O)CC(C)C)cc3)cs2)cc1. The van der Waals surface area contributed by atoms with Gasteiger partial charge in [-0.2, -0.15) is 0 Å². The first kappa shape index (κ1) is 22.4. The molecule has 1 amide bonds. The highest BCUT2D eigenvalue weighted by Gasteiger charge is 2.16. The Morgan fingerprint density at radius 2 is 1.71 bits per heavy atom. The van der Waals surface area contributed by atoms with E-state index in [1.807, 2.05) is 45.0 Å². The average molecular weight is 437 g/mol. The molecular weight excluding hydrogens is 412 g/mol. The quantitative estimate of drug-likeness (QED) is 0.390. The maximum atomic E-state index is 12.3. The van der Waals surface area contributed by atoms with Gasteiger partial charge in [0.15, 0.2) is 18.1 Å². The van der Waals surface area contributed by atoms with Gasteiger partial charge in [0.05, 0.1) is 0 Å². The van der Waals surface area contributed by atoms with Gasteiger partial charge in [0.1, 0.15) is 5.01 Å². The Labute approximate surface area is 185 Å². The molecule has 160 valence electrons. The van der Waals surface area contributed by atoms with Gasteiger partial charge in [-0.3, -0.25) is 9.59 Å². The second-order valence-corrected chi connectivity index (χ2v) is 8.48. The predicted molar refractivity (Wildman–Crippen MR) is 121 cm³/mol. The fourth-order valence-corrected chi connectivity index (χ4v) is 3.60. The third kappa shape index (κ3) is 6.33. The molecule has 0 saturated carbocycles. The summed E-state index contributed by atoms with van der Waals surface area (Å²) in [5.74, 6) is -0.777. The van der Waals surface area contributed by atoms with Crippen LogP contribution in [0.3, 0.4) is 0 Å². The zero-order chi connectivity index (χ0) is 22.4. The molecule has 3 rings (SSSR count). The first-order valence-corrected chi connectivity index (χ1v) is 10.8. The summed E-state index contributed by atoms with van der Waals surface area (Å²) in [5, 5.41) is 5.12. The normalized spacial score (nSPS) is 10.7. The van der Waals surface area contributed by atoms with Crippen molar-refractivity contribution in [2.45, 2.75) is 27.2 Å². The lowest BCUT2D eigenvalue weighted by molar-refractivity contribution is -0.116. The predicted octanol–water partition coefficient (Wildman–Crippen LogP) is 5.14. The summed E-state index contributed by atoms with van der Waals surface area (Å²) in [7, 11) is 0. The number of aromatic nitrogens is 1. The fraction of sp³-hybridized carbons (Fsp3) is 0.250. The van der Waals surface area contributed by atoms with Crippen LogP contribution in [0.1, 0.15) is 46.7 Å². The lowest BCUT2D eigenvalue weighted by atomic mass is 10.1. The molecule has 0 saturated heterocycles. The Bertz CT molecular complexity index is 1070. The number of thiazole rings is 1. The number of hydrogen-bond acceptors (Lipinski definition) is 6. The van der Waals surface area contributed by atoms with E-state index in [0.29, 0.717) is 22.7 Å². The third-order valence-corrected chi connectivity index (χ3v) is 5.32. The molecule has 0 atom stereocenters. The number of ketones is 1. The highest BCUT2D eigenvalue weighted by molar-refractivity contribution is 7.13. The van der Waals surface area contributed by atoms with Crippen LogP contribution >= 0.6 is 11.3 Å². The number of Topliss-reactive ketones (excluding diaryl/α,β-unsaturated/α-hetero) is 1. The molecule has 1 heterocycles. The first-order valence-electron chi connectivity index (χ1n) is 9.94. The summed E-state index contributed by atoms with van der Waals surface area (Å²) in [6.07, 6.45) is 0.429. The number of amides is 1. The van der Waals surface area contributed by atoms with Crippen LogP contribution in [0.2, 0.25) is 0 Å². The fourth-order valence-electron chi connectivity index (χ4n) is 2.81. The molecule has 0 aliphatic heterocycles. The van der Waals surface area contributed by atoms with E-state index in [1.165, 1.54) is 11.3 Å². The zero-order valence-corrected chi connectivity index (χ0v) is 18.5. The summed E-state index contributed by atoms with van der Waals surface area (Å²) >= 11 is 1.35. The van der Waals surface area contributed by atoms with Crippen LogP contribution in [0, 0.1) is 12.8 Å². The topological polar surface area (TPSA) is 85.4 Å². The number of ether oxygens (including phenoxy) is 1. The number of hydrogen-bond donors (Lipinski definition) is 1. The zero-order valence-electron chi connectivity index (χ0n) is 17.7. The summed E-state index contributed by atoms with van der Waals surface area (Å²) < 4.78 is 5.14. The van der Waals surface area contributed by atoms with E-state index in [4.69, 9.17) is 4.74 Å². The summed E-state index contributed by atoms with van der Waals surface area (Å²) in [5.41, 5.74) is 3.26. The maximum Gasteiger partial charge on any atom is 0.358 e. The van der Waals surface area contributed by atoms with Crippen molar-refractivity contribution < 1.29 is 19.1 Å². The number of carbonyl (C=O) groups excluding carboxylic acids is 3. The Hall–Kier alpha value is -3.32. The molecular formula is C24H24N2O4S. The van der Waals surface area contributed by atoms with Gasteiger partial charge in [0.2, 0.25) is 5.91 Å². The summed E-state index contributed by atoms with van der Waals surface area (Å²) in [6.45, 7) is 5.56. The molecule has 0 bridgehead atoms. The maximum absolute atomic E-state index is 12.3. The van der Waals surface area contributed by atoms with Gasteiger partial charge in [-0.25, -0.2) is 9.78 Å². The third-order valence-electron chi connectivity index (χ3n) is 4.43. The minimum absolute atomic E-state index is 0.0729. The number of esters is 1. The number of anilines is 1. The van der Waals surface area contributed by atoms with Crippen molar-refractivity contribution in [3.05, 3.63) is 70.7 Å². The van der Waals surface area contributed by atoms with Gasteiger partial charge in [-0.05, 0) is 37.1 Å². The monoisotopic (exact) mass is 436 g/mol. The van der Waals surface area contributed by atoms with Crippen molar-refractivity contribution in [1.29, 1.82) is 0 Å². The van der Waals surface area contributed by atoms with E-state index in [2.05, 4.69) is 10.3 Å².